The predicted molar refractivity (Wildman–Crippen MR) is 104 cm³/mol. The quantitative estimate of drug-likeness (QED) is 0.504. The summed E-state index contributed by atoms with van der Waals surface area (Å²) in [5.41, 5.74) is 2.81. The van der Waals surface area contributed by atoms with Crippen molar-refractivity contribution in [3.05, 3.63) is 59.7 Å². The molecular weight excluding hydrogens is 386 g/mol. The number of carboxylic acid groups (broad SMARTS) is 1. The number of anilines is 1. The summed E-state index contributed by atoms with van der Waals surface area (Å²) in [4.78, 5) is 23.3. The van der Waals surface area contributed by atoms with Crippen LogP contribution in [0.3, 0.4) is 0 Å². The summed E-state index contributed by atoms with van der Waals surface area (Å²) >= 11 is 0. The van der Waals surface area contributed by atoms with E-state index in [1.807, 2.05) is 0 Å². The molecule has 0 unspecified atom stereocenters. The van der Waals surface area contributed by atoms with E-state index in [0.29, 0.717) is 17.0 Å². The molecule has 10 heteroatoms. The zero-order chi connectivity index (χ0) is 20.7. The minimum absolute atomic E-state index is 0.0245. The van der Waals surface area contributed by atoms with Crippen molar-refractivity contribution in [1.82, 2.24) is 5.43 Å². The van der Waals surface area contributed by atoms with Crippen molar-refractivity contribution in [3.63, 3.8) is 0 Å². The molecule has 2 aromatic carbocycles. The summed E-state index contributed by atoms with van der Waals surface area (Å²) < 4.78 is 30.0. The van der Waals surface area contributed by atoms with Gasteiger partial charge in [-0.2, -0.15) is 5.10 Å². The second kappa shape index (κ2) is 9.00. The number of amides is 1. The molecule has 0 bridgehead atoms. The van der Waals surface area contributed by atoms with Gasteiger partial charge in [0.2, 0.25) is 10.0 Å². The number of hydrazone groups is 1. The van der Waals surface area contributed by atoms with Crippen molar-refractivity contribution in [3.8, 4) is 5.75 Å². The first-order valence-electron chi connectivity index (χ1n) is 7.98. The maximum Gasteiger partial charge on any atom is 0.336 e. The molecule has 2 rings (SSSR count). The summed E-state index contributed by atoms with van der Waals surface area (Å²) in [6, 6.07) is 12.3. The SMILES string of the molecule is COc1ccc(N(CC(=O)N/N=C/c2ccccc2C(=O)O)S(C)(=O)=O)cc1. The van der Waals surface area contributed by atoms with Crippen LogP contribution in [0.1, 0.15) is 15.9 Å². The van der Waals surface area contributed by atoms with Crippen LogP contribution in [0.5, 0.6) is 5.75 Å². The van der Waals surface area contributed by atoms with Crippen molar-refractivity contribution < 1.29 is 27.9 Å². The van der Waals surface area contributed by atoms with Crippen molar-refractivity contribution in [2.45, 2.75) is 0 Å². The summed E-state index contributed by atoms with van der Waals surface area (Å²) in [5, 5.41) is 12.8. The first kappa shape index (κ1) is 20.9. The number of nitrogens with one attached hydrogen (secondary N) is 1. The Bertz CT molecular complexity index is 987. The number of methoxy groups -OCH3 is 1. The average molecular weight is 405 g/mol. The topological polar surface area (TPSA) is 125 Å². The molecule has 0 atom stereocenters. The molecule has 28 heavy (non-hydrogen) atoms. The Hall–Kier alpha value is -3.40. The van der Waals surface area contributed by atoms with Crippen molar-refractivity contribution in [2.75, 3.05) is 24.2 Å². The first-order chi connectivity index (χ1) is 13.2. The Labute approximate surface area is 162 Å². The number of benzene rings is 2. The summed E-state index contributed by atoms with van der Waals surface area (Å²) in [7, 11) is -2.24. The van der Waals surface area contributed by atoms with Gasteiger partial charge >= 0.3 is 5.97 Å². The fraction of sp³-hybridized carbons (Fsp3) is 0.167. The molecule has 1 amide bonds. The number of nitrogens with zero attached hydrogens (tertiary/aromatic N) is 2. The molecule has 0 radical (unpaired) electrons. The molecule has 0 fully saturated rings. The molecule has 0 saturated carbocycles. The lowest BCUT2D eigenvalue weighted by molar-refractivity contribution is -0.119. The standard InChI is InChI=1S/C18H19N3O6S/c1-27-15-9-7-14(8-10-15)21(28(2,25)26)12-17(22)20-19-11-13-5-3-4-6-16(13)18(23)24/h3-11H,12H2,1-2H3,(H,20,22)(H,23,24)/b19-11+. The molecule has 0 aliphatic rings. The fourth-order valence-corrected chi connectivity index (χ4v) is 3.15. The molecule has 0 aliphatic carbocycles. The number of hydrogen-bond donors (Lipinski definition) is 2. The first-order valence-corrected chi connectivity index (χ1v) is 9.83. The van der Waals surface area contributed by atoms with Crippen LogP contribution >= 0.6 is 0 Å². The molecule has 148 valence electrons. The summed E-state index contributed by atoms with van der Waals surface area (Å²) in [6.45, 7) is -0.497. The molecule has 2 aromatic rings. The van der Waals surface area contributed by atoms with Crippen LogP contribution in [-0.2, 0) is 14.8 Å². The molecule has 0 aromatic heterocycles. The van der Waals surface area contributed by atoms with Crippen LogP contribution in [0.2, 0.25) is 0 Å². The lowest BCUT2D eigenvalue weighted by Crippen LogP contribution is -2.39. The number of hydrogen-bond acceptors (Lipinski definition) is 6. The van der Waals surface area contributed by atoms with E-state index in [0.717, 1.165) is 10.6 Å². The van der Waals surface area contributed by atoms with Gasteiger partial charge in [0.25, 0.3) is 5.91 Å². The lowest BCUT2D eigenvalue weighted by Gasteiger charge is -2.21. The van der Waals surface area contributed by atoms with E-state index >= 15 is 0 Å². The molecule has 0 heterocycles. The second-order valence-corrected chi connectivity index (χ2v) is 7.56. The van der Waals surface area contributed by atoms with Gasteiger partial charge in [0.1, 0.15) is 12.3 Å². The minimum Gasteiger partial charge on any atom is -0.497 e. The molecule has 0 aliphatic heterocycles. The van der Waals surface area contributed by atoms with E-state index in [2.05, 4.69) is 10.5 Å². The lowest BCUT2D eigenvalue weighted by atomic mass is 10.1. The third-order valence-corrected chi connectivity index (χ3v) is 4.77. The highest BCUT2D eigenvalue weighted by atomic mass is 32.2. The number of carboxylic acids is 1. The molecule has 2 N–H and O–H groups in total. The van der Waals surface area contributed by atoms with E-state index in [1.54, 1.807) is 24.3 Å². The normalized spacial score (nSPS) is 11.2. The van der Waals surface area contributed by atoms with E-state index in [1.165, 1.54) is 37.6 Å². The summed E-state index contributed by atoms with van der Waals surface area (Å²) in [6.07, 6.45) is 2.16. The Morgan fingerprint density at radius 1 is 1.18 bits per heavy atom. The highest BCUT2D eigenvalue weighted by molar-refractivity contribution is 7.92. The molecular formula is C18H19N3O6S. The predicted octanol–water partition coefficient (Wildman–Crippen LogP) is 1.31. The monoisotopic (exact) mass is 405 g/mol. The molecule has 0 spiro atoms. The highest BCUT2D eigenvalue weighted by Gasteiger charge is 2.20. The van der Waals surface area contributed by atoms with Gasteiger partial charge in [-0.1, -0.05) is 18.2 Å². The van der Waals surface area contributed by atoms with Gasteiger partial charge in [-0.3, -0.25) is 9.10 Å². The van der Waals surface area contributed by atoms with E-state index in [4.69, 9.17) is 9.84 Å². The smallest absolute Gasteiger partial charge is 0.336 e. The maximum atomic E-state index is 12.1. The third kappa shape index (κ3) is 5.55. The van der Waals surface area contributed by atoms with E-state index in [9.17, 15) is 18.0 Å². The van der Waals surface area contributed by atoms with Gasteiger partial charge in [-0.25, -0.2) is 18.6 Å². The van der Waals surface area contributed by atoms with Crippen LogP contribution in [-0.4, -0.2) is 51.5 Å². The number of ether oxygens (including phenoxy) is 1. The van der Waals surface area contributed by atoms with E-state index in [-0.39, 0.29) is 5.56 Å². The largest absolute Gasteiger partial charge is 0.497 e. The number of rotatable bonds is 8. The van der Waals surface area contributed by atoms with Gasteiger partial charge in [-0.05, 0) is 30.3 Å². The molecule has 0 saturated heterocycles. The van der Waals surface area contributed by atoms with Gasteiger partial charge in [0, 0.05) is 5.56 Å². The van der Waals surface area contributed by atoms with Gasteiger partial charge in [0.05, 0.1) is 30.8 Å². The highest BCUT2D eigenvalue weighted by Crippen LogP contribution is 2.21. The van der Waals surface area contributed by atoms with Gasteiger partial charge in [0.15, 0.2) is 0 Å². The van der Waals surface area contributed by atoms with Crippen molar-refractivity contribution >= 4 is 33.8 Å². The van der Waals surface area contributed by atoms with Gasteiger partial charge in [-0.15, -0.1) is 0 Å². The third-order valence-electron chi connectivity index (χ3n) is 3.63. The Morgan fingerprint density at radius 2 is 1.82 bits per heavy atom. The summed E-state index contributed by atoms with van der Waals surface area (Å²) in [5.74, 6) is -1.27. The van der Waals surface area contributed by atoms with Crippen molar-refractivity contribution in [2.24, 2.45) is 5.10 Å². The second-order valence-electron chi connectivity index (χ2n) is 5.65. The molecule has 9 nitrogen and oxygen atoms in total. The number of carbonyl (C=O) groups excluding carboxylic acids is 1. The maximum absolute atomic E-state index is 12.1. The zero-order valence-electron chi connectivity index (χ0n) is 15.2. The van der Waals surface area contributed by atoms with Crippen LogP contribution in [0.15, 0.2) is 53.6 Å². The number of carbonyl (C=O) groups is 2. The van der Waals surface area contributed by atoms with Crippen LogP contribution in [0.25, 0.3) is 0 Å². The number of sulfonamides is 1. The minimum atomic E-state index is -3.73. The fourth-order valence-electron chi connectivity index (χ4n) is 2.29. The van der Waals surface area contributed by atoms with Crippen LogP contribution < -0.4 is 14.5 Å². The van der Waals surface area contributed by atoms with Crippen LogP contribution in [0, 0.1) is 0 Å². The number of aromatic carboxylic acids is 1. The Morgan fingerprint density at radius 3 is 2.39 bits per heavy atom. The van der Waals surface area contributed by atoms with Crippen LogP contribution in [0.4, 0.5) is 5.69 Å². The Balaban J connectivity index is 2.11. The average Bonchev–Trinajstić information content (AvgIpc) is 2.65. The van der Waals surface area contributed by atoms with Crippen molar-refractivity contribution in [1.29, 1.82) is 0 Å². The Kier molecular flexibility index (Phi) is 6.72. The zero-order valence-corrected chi connectivity index (χ0v) is 16.0. The van der Waals surface area contributed by atoms with E-state index < -0.39 is 28.4 Å². The van der Waals surface area contributed by atoms with Gasteiger partial charge < -0.3 is 9.84 Å².